The summed E-state index contributed by atoms with van der Waals surface area (Å²) in [5.74, 6) is -3.30. The lowest BCUT2D eigenvalue weighted by atomic mass is 9.87. The molecule has 33 heavy (non-hydrogen) atoms. The van der Waals surface area contributed by atoms with Gasteiger partial charge in [-0.15, -0.1) is 0 Å². The van der Waals surface area contributed by atoms with Gasteiger partial charge in [0, 0.05) is 24.9 Å². The third-order valence-electron chi connectivity index (χ3n) is 5.70. The Labute approximate surface area is 189 Å². The monoisotopic (exact) mass is 455 g/mol. The number of halogens is 3. The second-order valence-electron chi connectivity index (χ2n) is 8.86. The first-order chi connectivity index (χ1) is 15.6. The zero-order chi connectivity index (χ0) is 23.8. The van der Waals surface area contributed by atoms with E-state index in [2.05, 4.69) is 9.97 Å². The molecule has 1 aromatic carbocycles. The lowest BCUT2D eigenvalue weighted by Crippen LogP contribution is -2.42. The summed E-state index contributed by atoms with van der Waals surface area (Å²) in [4.78, 5) is 21.1. The third kappa shape index (κ3) is 4.96. The van der Waals surface area contributed by atoms with Crippen molar-refractivity contribution in [3.05, 3.63) is 83.1 Å². The Kier molecular flexibility index (Phi) is 6.32. The molecule has 0 unspecified atom stereocenters. The standard InChI is InChI=1S/C25H24F3N3O2/c1-25(2)12-15(29)11-22(33-25)16-8-9-30-13-14(16)10-21(32)20-7-6-19(28)24(31-20)23-17(26)4-3-5-18(23)27/h3-9,13,15,22H,10-12,29H2,1-2H3/t15-,22+/m1/s1. The summed E-state index contributed by atoms with van der Waals surface area (Å²) >= 11 is 0. The van der Waals surface area contributed by atoms with Crippen LogP contribution in [0.5, 0.6) is 0 Å². The minimum atomic E-state index is -0.964. The molecule has 3 aromatic rings. The van der Waals surface area contributed by atoms with Crippen LogP contribution in [-0.2, 0) is 11.2 Å². The van der Waals surface area contributed by atoms with Crippen molar-refractivity contribution in [2.45, 2.75) is 50.9 Å². The quantitative estimate of drug-likeness (QED) is 0.551. The molecule has 2 atom stereocenters. The Balaban J connectivity index is 1.64. The van der Waals surface area contributed by atoms with E-state index in [0.29, 0.717) is 12.0 Å². The predicted molar refractivity (Wildman–Crippen MR) is 117 cm³/mol. The molecule has 2 N–H and O–H groups in total. The maximum Gasteiger partial charge on any atom is 0.185 e. The molecule has 1 aliphatic heterocycles. The average Bonchev–Trinajstić information content (AvgIpc) is 2.73. The van der Waals surface area contributed by atoms with Crippen molar-refractivity contribution in [1.82, 2.24) is 9.97 Å². The summed E-state index contributed by atoms with van der Waals surface area (Å²) < 4.78 is 49.0. The molecule has 0 aliphatic carbocycles. The fourth-order valence-electron chi connectivity index (χ4n) is 4.32. The van der Waals surface area contributed by atoms with Crippen molar-refractivity contribution in [3.63, 3.8) is 0 Å². The minimum absolute atomic E-state index is 0.0487. The van der Waals surface area contributed by atoms with Crippen LogP contribution >= 0.6 is 0 Å². The number of hydrogen-bond donors (Lipinski definition) is 1. The largest absolute Gasteiger partial charge is 0.368 e. The molecular formula is C25H24F3N3O2. The Bertz CT molecular complexity index is 1180. The smallest absolute Gasteiger partial charge is 0.185 e. The second-order valence-corrected chi connectivity index (χ2v) is 8.86. The molecule has 172 valence electrons. The Morgan fingerprint density at radius 1 is 1.12 bits per heavy atom. The minimum Gasteiger partial charge on any atom is -0.368 e. The van der Waals surface area contributed by atoms with Gasteiger partial charge in [-0.25, -0.2) is 18.2 Å². The lowest BCUT2D eigenvalue weighted by Gasteiger charge is -2.40. The van der Waals surface area contributed by atoms with Crippen LogP contribution in [0.4, 0.5) is 13.2 Å². The molecular weight excluding hydrogens is 431 g/mol. The van der Waals surface area contributed by atoms with Gasteiger partial charge in [0.25, 0.3) is 0 Å². The molecule has 5 nitrogen and oxygen atoms in total. The highest BCUT2D eigenvalue weighted by Gasteiger charge is 2.35. The SMILES string of the molecule is CC1(C)C[C@H](N)C[C@@H](c2ccncc2CC(=O)c2ccc(F)c(-c3c(F)cccc3F)n2)O1. The van der Waals surface area contributed by atoms with Crippen LogP contribution in [-0.4, -0.2) is 27.4 Å². The molecule has 0 saturated carbocycles. The van der Waals surface area contributed by atoms with Gasteiger partial charge in [-0.1, -0.05) is 6.07 Å². The van der Waals surface area contributed by atoms with Crippen molar-refractivity contribution in [1.29, 1.82) is 0 Å². The van der Waals surface area contributed by atoms with Crippen LogP contribution < -0.4 is 5.73 Å². The first-order valence-corrected chi connectivity index (χ1v) is 10.6. The van der Waals surface area contributed by atoms with Gasteiger partial charge in [0.05, 0.1) is 17.3 Å². The first-order valence-electron chi connectivity index (χ1n) is 10.6. The molecule has 3 heterocycles. The van der Waals surface area contributed by atoms with E-state index < -0.39 is 40.1 Å². The Morgan fingerprint density at radius 2 is 1.85 bits per heavy atom. The summed E-state index contributed by atoms with van der Waals surface area (Å²) in [6.07, 6.45) is 4.12. The maximum atomic E-state index is 14.4. The molecule has 0 spiro atoms. The van der Waals surface area contributed by atoms with Gasteiger partial charge in [0.1, 0.15) is 28.8 Å². The van der Waals surface area contributed by atoms with Crippen molar-refractivity contribution in [3.8, 4) is 11.3 Å². The number of Topliss-reactive ketones (excluding diaryl/α,β-unsaturated/α-hetero) is 1. The highest BCUT2D eigenvalue weighted by Crippen LogP contribution is 2.37. The predicted octanol–water partition coefficient (Wildman–Crippen LogP) is 4.94. The second kappa shape index (κ2) is 9.03. The van der Waals surface area contributed by atoms with Crippen LogP contribution in [0.3, 0.4) is 0 Å². The number of ketones is 1. The van der Waals surface area contributed by atoms with Gasteiger partial charge < -0.3 is 10.5 Å². The molecule has 1 fully saturated rings. The number of nitrogens with zero attached hydrogens (tertiary/aromatic N) is 2. The van der Waals surface area contributed by atoms with Gasteiger partial charge in [-0.05, 0) is 68.1 Å². The molecule has 2 aromatic heterocycles. The molecule has 0 bridgehead atoms. The summed E-state index contributed by atoms with van der Waals surface area (Å²) in [5.41, 5.74) is 5.96. The van der Waals surface area contributed by atoms with Gasteiger partial charge in [-0.3, -0.25) is 9.78 Å². The summed E-state index contributed by atoms with van der Waals surface area (Å²) in [5, 5.41) is 0. The third-order valence-corrected chi connectivity index (χ3v) is 5.70. The number of nitrogens with two attached hydrogens (primary N) is 1. The zero-order valence-corrected chi connectivity index (χ0v) is 18.3. The van der Waals surface area contributed by atoms with E-state index in [9.17, 15) is 18.0 Å². The highest BCUT2D eigenvalue weighted by molar-refractivity contribution is 5.96. The van der Waals surface area contributed by atoms with Crippen molar-refractivity contribution in [2.24, 2.45) is 5.73 Å². The lowest BCUT2D eigenvalue weighted by molar-refractivity contribution is -0.115. The van der Waals surface area contributed by atoms with Crippen LogP contribution in [0.15, 0.2) is 48.8 Å². The molecule has 0 amide bonds. The van der Waals surface area contributed by atoms with Crippen molar-refractivity contribution >= 4 is 5.78 Å². The summed E-state index contributed by atoms with van der Waals surface area (Å²) in [6.45, 7) is 3.94. The van der Waals surface area contributed by atoms with Crippen LogP contribution in [0, 0.1) is 17.5 Å². The summed E-state index contributed by atoms with van der Waals surface area (Å²) in [6, 6.07) is 7.11. The first kappa shape index (κ1) is 23.1. The van der Waals surface area contributed by atoms with Crippen molar-refractivity contribution in [2.75, 3.05) is 0 Å². The number of carbonyl (C=O) groups is 1. The van der Waals surface area contributed by atoms with Crippen LogP contribution in [0.2, 0.25) is 0 Å². The van der Waals surface area contributed by atoms with Gasteiger partial charge in [-0.2, -0.15) is 0 Å². The molecule has 4 rings (SSSR count). The number of carbonyl (C=O) groups excluding carboxylic acids is 1. The van der Waals surface area contributed by atoms with Gasteiger partial charge in [0.2, 0.25) is 0 Å². The summed E-state index contributed by atoms with van der Waals surface area (Å²) in [7, 11) is 0. The molecule has 0 radical (unpaired) electrons. The number of ether oxygens (including phenoxy) is 1. The normalized spacial score (nSPS) is 19.9. The van der Waals surface area contributed by atoms with E-state index in [1.807, 2.05) is 13.8 Å². The highest BCUT2D eigenvalue weighted by atomic mass is 19.1. The fourth-order valence-corrected chi connectivity index (χ4v) is 4.32. The van der Waals surface area contributed by atoms with Gasteiger partial charge >= 0.3 is 0 Å². The maximum absolute atomic E-state index is 14.4. The van der Waals surface area contributed by atoms with E-state index in [-0.39, 0.29) is 24.3 Å². The molecule has 1 aliphatic rings. The Hall–Kier alpha value is -3.10. The van der Waals surface area contributed by atoms with Crippen LogP contribution in [0.25, 0.3) is 11.3 Å². The number of aromatic nitrogens is 2. The number of hydrogen-bond acceptors (Lipinski definition) is 5. The topological polar surface area (TPSA) is 78.1 Å². The van der Waals surface area contributed by atoms with E-state index in [1.54, 1.807) is 18.5 Å². The van der Waals surface area contributed by atoms with E-state index in [4.69, 9.17) is 10.5 Å². The van der Waals surface area contributed by atoms with Gasteiger partial charge in [0.15, 0.2) is 5.78 Å². The van der Waals surface area contributed by atoms with E-state index in [1.165, 1.54) is 12.1 Å². The fraction of sp³-hybridized carbons (Fsp3) is 0.320. The van der Waals surface area contributed by atoms with E-state index in [0.717, 1.165) is 30.2 Å². The molecule has 8 heteroatoms. The van der Waals surface area contributed by atoms with Crippen molar-refractivity contribution < 1.29 is 22.7 Å². The number of rotatable bonds is 5. The van der Waals surface area contributed by atoms with Crippen LogP contribution in [0.1, 0.15) is 54.4 Å². The average molecular weight is 455 g/mol. The Morgan fingerprint density at radius 3 is 2.55 bits per heavy atom. The molecule has 1 saturated heterocycles. The number of pyridine rings is 2. The van der Waals surface area contributed by atoms with E-state index >= 15 is 0 Å². The zero-order valence-electron chi connectivity index (χ0n) is 18.3. The number of benzene rings is 1.